The molecule has 0 fully saturated rings. The normalized spacial score (nSPS) is 10.7. The van der Waals surface area contributed by atoms with E-state index in [9.17, 15) is 0 Å². The van der Waals surface area contributed by atoms with Gasteiger partial charge in [0.25, 0.3) is 0 Å². The average Bonchev–Trinajstić information content (AvgIpc) is 2.97. The Kier molecular flexibility index (Phi) is 4.34. The molecule has 3 aromatic rings. The van der Waals surface area contributed by atoms with Crippen LogP contribution in [-0.2, 0) is 13.1 Å². The molecule has 0 amide bonds. The maximum Gasteiger partial charge on any atom is 0.134 e. The molecule has 0 radical (unpaired) electrons. The Hall–Kier alpha value is -2.10. The van der Waals surface area contributed by atoms with Gasteiger partial charge in [-0.3, -0.25) is 4.98 Å². The van der Waals surface area contributed by atoms with E-state index in [2.05, 4.69) is 10.3 Å². The zero-order chi connectivity index (χ0) is 14.5. The van der Waals surface area contributed by atoms with Crippen LogP contribution in [0.25, 0.3) is 11.3 Å². The summed E-state index contributed by atoms with van der Waals surface area (Å²) in [6.07, 6.45) is 3.59. The van der Waals surface area contributed by atoms with Crippen molar-refractivity contribution in [1.29, 1.82) is 0 Å². The molecule has 4 heteroatoms. The van der Waals surface area contributed by atoms with Gasteiger partial charge in [0.1, 0.15) is 11.5 Å². The SMILES string of the molecule is Clc1cccc(-c2ccc(CNCc3ccncc3)o2)c1. The van der Waals surface area contributed by atoms with Gasteiger partial charge >= 0.3 is 0 Å². The van der Waals surface area contributed by atoms with E-state index in [1.807, 2.05) is 48.5 Å². The highest BCUT2D eigenvalue weighted by molar-refractivity contribution is 6.30. The van der Waals surface area contributed by atoms with Gasteiger partial charge in [-0.2, -0.15) is 0 Å². The molecule has 0 saturated carbocycles. The molecule has 0 bridgehead atoms. The van der Waals surface area contributed by atoms with E-state index in [0.29, 0.717) is 11.6 Å². The zero-order valence-electron chi connectivity index (χ0n) is 11.4. The summed E-state index contributed by atoms with van der Waals surface area (Å²) in [5.41, 5.74) is 2.19. The monoisotopic (exact) mass is 298 g/mol. The maximum absolute atomic E-state index is 5.99. The lowest BCUT2D eigenvalue weighted by atomic mass is 10.2. The lowest BCUT2D eigenvalue weighted by Crippen LogP contribution is -2.11. The van der Waals surface area contributed by atoms with Gasteiger partial charge in [-0.1, -0.05) is 23.7 Å². The fraction of sp³-hybridized carbons (Fsp3) is 0.118. The van der Waals surface area contributed by atoms with Crippen molar-refractivity contribution >= 4 is 11.6 Å². The van der Waals surface area contributed by atoms with Gasteiger partial charge in [-0.15, -0.1) is 0 Å². The van der Waals surface area contributed by atoms with Gasteiger partial charge in [0.2, 0.25) is 0 Å². The standard InChI is InChI=1S/C17H15ClN2O/c18-15-3-1-2-14(10-15)17-5-4-16(21-17)12-20-11-13-6-8-19-9-7-13/h1-10,20H,11-12H2. The Balaban J connectivity index is 1.60. The lowest BCUT2D eigenvalue weighted by molar-refractivity contribution is 0.493. The van der Waals surface area contributed by atoms with Crippen molar-refractivity contribution in [2.45, 2.75) is 13.1 Å². The number of aromatic nitrogens is 1. The molecule has 21 heavy (non-hydrogen) atoms. The Morgan fingerprint density at radius 2 is 1.86 bits per heavy atom. The minimum atomic E-state index is 0.683. The van der Waals surface area contributed by atoms with Gasteiger partial charge in [-0.25, -0.2) is 0 Å². The van der Waals surface area contributed by atoms with Crippen molar-refractivity contribution in [3.8, 4) is 11.3 Å². The molecule has 2 aromatic heterocycles. The second kappa shape index (κ2) is 6.57. The van der Waals surface area contributed by atoms with Crippen LogP contribution in [0.3, 0.4) is 0 Å². The van der Waals surface area contributed by atoms with E-state index in [4.69, 9.17) is 16.0 Å². The van der Waals surface area contributed by atoms with E-state index in [1.54, 1.807) is 12.4 Å². The molecule has 3 nitrogen and oxygen atoms in total. The molecule has 3 rings (SSSR count). The van der Waals surface area contributed by atoms with Gasteiger partial charge in [-0.05, 0) is 42.0 Å². The third-order valence-corrected chi connectivity index (χ3v) is 3.38. The first kappa shape index (κ1) is 13.9. The summed E-state index contributed by atoms with van der Waals surface area (Å²) in [4.78, 5) is 4.00. The highest BCUT2D eigenvalue weighted by Crippen LogP contribution is 2.24. The summed E-state index contributed by atoms with van der Waals surface area (Å²) in [6, 6.07) is 15.6. The van der Waals surface area contributed by atoms with Crippen LogP contribution < -0.4 is 5.32 Å². The van der Waals surface area contributed by atoms with Crippen molar-refractivity contribution < 1.29 is 4.42 Å². The molecule has 0 atom stereocenters. The summed E-state index contributed by atoms with van der Waals surface area (Å²) in [7, 11) is 0. The molecule has 1 N–H and O–H groups in total. The van der Waals surface area contributed by atoms with Crippen molar-refractivity contribution in [1.82, 2.24) is 10.3 Å². The molecule has 0 saturated heterocycles. The first-order chi connectivity index (χ1) is 10.3. The van der Waals surface area contributed by atoms with Crippen molar-refractivity contribution in [3.63, 3.8) is 0 Å². The third-order valence-electron chi connectivity index (χ3n) is 3.15. The first-order valence-corrected chi connectivity index (χ1v) is 7.13. The summed E-state index contributed by atoms with van der Waals surface area (Å²) in [5.74, 6) is 1.73. The van der Waals surface area contributed by atoms with Crippen LogP contribution in [0.2, 0.25) is 5.02 Å². The molecule has 106 valence electrons. The van der Waals surface area contributed by atoms with Crippen LogP contribution in [0, 0.1) is 0 Å². The van der Waals surface area contributed by atoms with Crippen molar-refractivity contribution in [2.75, 3.05) is 0 Å². The highest BCUT2D eigenvalue weighted by Gasteiger charge is 2.05. The van der Waals surface area contributed by atoms with E-state index in [1.165, 1.54) is 5.56 Å². The predicted molar refractivity (Wildman–Crippen MR) is 83.9 cm³/mol. The fourth-order valence-electron chi connectivity index (χ4n) is 2.10. The number of benzene rings is 1. The molecule has 1 aromatic carbocycles. The zero-order valence-corrected chi connectivity index (χ0v) is 12.2. The molecular formula is C17H15ClN2O. The van der Waals surface area contributed by atoms with Crippen LogP contribution in [0.1, 0.15) is 11.3 Å². The molecule has 0 aliphatic heterocycles. The highest BCUT2D eigenvalue weighted by atomic mass is 35.5. The van der Waals surface area contributed by atoms with Gasteiger partial charge in [0, 0.05) is 29.5 Å². The fourth-order valence-corrected chi connectivity index (χ4v) is 2.29. The van der Waals surface area contributed by atoms with Crippen LogP contribution in [0.15, 0.2) is 65.3 Å². The van der Waals surface area contributed by atoms with Crippen LogP contribution in [-0.4, -0.2) is 4.98 Å². The van der Waals surface area contributed by atoms with E-state index < -0.39 is 0 Å². The largest absolute Gasteiger partial charge is 0.460 e. The maximum atomic E-state index is 5.99. The molecule has 0 aliphatic carbocycles. The van der Waals surface area contributed by atoms with Crippen LogP contribution >= 0.6 is 11.6 Å². The minimum absolute atomic E-state index is 0.683. The molecule has 0 aliphatic rings. The summed E-state index contributed by atoms with van der Waals surface area (Å²) in [6.45, 7) is 1.47. The number of nitrogens with zero attached hydrogens (tertiary/aromatic N) is 1. The van der Waals surface area contributed by atoms with Crippen molar-refractivity contribution in [3.05, 3.63) is 77.3 Å². The quantitative estimate of drug-likeness (QED) is 0.764. The van der Waals surface area contributed by atoms with E-state index in [0.717, 1.165) is 23.6 Å². The summed E-state index contributed by atoms with van der Waals surface area (Å²) < 4.78 is 5.83. The molecule has 0 unspecified atom stereocenters. The number of pyridine rings is 1. The minimum Gasteiger partial charge on any atom is -0.460 e. The Labute approximate surface area is 128 Å². The second-order valence-electron chi connectivity index (χ2n) is 4.74. The Morgan fingerprint density at radius 1 is 1.00 bits per heavy atom. The van der Waals surface area contributed by atoms with Gasteiger partial charge < -0.3 is 9.73 Å². The van der Waals surface area contributed by atoms with Crippen LogP contribution in [0.4, 0.5) is 0 Å². The summed E-state index contributed by atoms with van der Waals surface area (Å²) >= 11 is 5.99. The van der Waals surface area contributed by atoms with Crippen molar-refractivity contribution in [2.24, 2.45) is 0 Å². The number of hydrogen-bond acceptors (Lipinski definition) is 3. The number of halogens is 1. The number of furan rings is 1. The summed E-state index contributed by atoms with van der Waals surface area (Å²) in [5, 5.41) is 4.06. The topological polar surface area (TPSA) is 38.1 Å². The van der Waals surface area contributed by atoms with Gasteiger partial charge in [0.05, 0.1) is 6.54 Å². The Bertz CT molecular complexity index is 710. The molecule has 2 heterocycles. The number of rotatable bonds is 5. The molecule has 0 spiro atoms. The molecular weight excluding hydrogens is 284 g/mol. The second-order valence-corrected chi connectivity index (χ2v) is 5.17. The first-order valence-electron chi connectivity index (χ1n) is 6.75. The predicted octanol–water partition coefficient (Wildman–Crippen LogP) is 4.28. The smallest absolute Gasteiger partial charge is 0.134 e. The van der Waals surface area contributed by atoms with E-state index >= 15 is 0 Å². The third kappa shape index (κ3) is 3.72. The van der Waals surface area contributed by atoms with E-state index in [-0.39, 0.29) is 0 Å². The van der Waals surface area contributed by atoms with Crippen LogP contribution in [0.5, 0.6) is 0 Å². The number of hydrogen-bond donors (Lipinski definition) is 1. The lowest BCUT2D eigenvalue weighted by Gasteiger charge is -2.02. The number of nitrogens with one attached hydrogen (secondary N) is 1. The average molecular weight is 299 g/mol. The van der Waals surface area contributed by atoms with Gasteiger partial charge in [0.15, 0.2) is 0 Å². The Morgan fingerprint density at radius 3 is 2.67 bits per heavy atom.